The first kappa shape index (κ1) is 15.2. The molecule has 0 saturated carbocycles. The van der Waals surface area contributed by atoms with E-state index in [1.54, 1.807) is 12.1 Å². The highest BCUT2D eigenvalue weighted by molar-refractivity contribution is 6.42. The zero-order valence-corrected chi connectivity index (χ0v) is 12.9. The van der Waals surface area contributed by atoms with Crippen molar-refractivity contribution in [3.63, 3.8) is 0 Å². The molecule has 0 aromatic heterocycles. The third-order valence-corrected chi connectivity index (χ3v) is 3.63. The van der Waals surface area contributed by atoms with E-state index >= 15 is 0 Å². The predicted molar refractivity (Wildman–Crippen MR) is 84.7 cm³/mol. The summed E-state index contributed by atoms with van der Waals surface area (Å²) in [4.78, 5) is 0. The molecule has 2 aromatic carbocycles. The fourth-order valence-corrected chi connectivity index (χ4v) is 2.26. The molecule has 20 heavy (non-hydrogen) atoms. The molecular weight excluding hydrogens is 293 g/mol. The minimum Gasteiger partial charge on any atom is -0.491 e. The van der Waals surface area contributed by atoms with Crippen molar-refractivity contribution in [3.8, 4) is 5.75 Å². The SMILES string of the molecule is CC(C)Oc1cccc(C(N)c2ccc(Cl)c(Cl)c2)c1. The average Bonchev–Trinajstić information content (AvgIpc) is 2.40. The van der Waals surface area contributed by atoms with Crippen LogP contribution in [0.1, 0.15) is 31.0 Å². The van der Waals surface area contributed by atoms with Crippen LogP contribution < -0.4 is 10.5 Å². The van der Waals surface area contributed by atoms with Gasteiger partial charge in [0.15, 0.2) is 0 Å². The summed E-state index contributed by atoms with van der Waals surface area (Å²) in [5.74, 6) is 0.813. The third kappa shape index (κ3) is 3.66. The van der Waals surface area contributed by atoms with Crippen molar-refractivity contribution in [3.05, 3.63) is 63.6 Å². The Bertz CT molecular complexity index is 599. The average molecular weight is 310 g/mol. The molecule has 0 fully saturated rings. The van der Waals surface area contributed by atoms with E-state index in [2.05, 4.69) is 0 Å². The van der Waals surface area contributed by atoms with Gasteiger partial charge in [0.05, 0.1) is 22.2 Å². The molecule has 1 atom stereocenters. The number of hydrogen-bond donors (Lipinski definition) is 1. The Morgan fingerprint density at radius 1 is 0.950 bits per heavy atom. The van der Waals surface area contributed by atoms with Crippen LogP contribution in [0.4, 0.5) is 0 Å². The molecule has 4 heteroatoms. The first-order valence-corrected chi connectivity index (χ1v) is 7.20. The zero-order chi connectivity index (χ0) is 14.7. The second-order valence-corrected chi connectivity index (χ2v) is 5.70. The van der Waals surface area contributed by atoms with Crippen molar-refractivity contribution in [1.29, 1.82) is 0 Å². The molecule has 106 valence electrons. The zero-order valence-electron chi connectivity index (χ0n) is 11.4. The summed E-state index contributed by atoms with van der Waals surface area (Å²) >= 11 is 12.0. The van der Waals surface area contributed by atoms with E-state index in [1.165, 1.54) is 0 Å². The van der Waals surface area contributed by atoms with E-state index in [-0.39, 0.29) is 12.1 Å². The van der Waals surface area contributed by atoms with Gasteiger partial charge in [-0.25, -0.2) is 0 Å². The summed E-state index contributed by atoms with van der Waals surface area (Å²) in [6.45, 7) is 3.98. The van der Waals surface area contributed by atoms with E-state index in [0.29, 0.717) is 10.0 Å². The van der Waals surface area contributed by atoms with Gasteiger partial charge in [-0.2, -0.15) is 0 Å². The number of halogens is 2. The van der Waals surface area contributed by atoms with Crippen LogP contribution >= 0.6 is 23.2 Å². The fourth-order valence-electron chi connectivity index (χ4n) is 1.95. The Kier molecular flexibility index (Phi) is 4.92. The maximum atomic E-state index is 6.28. The monoisotopic (exact) mass is 309 g/mol. The quantitative estimate of drug-likeness (QED) is 0.878. The lowest BCUT2D eigenvalue weighted by Gasteiger charge is -2.16. The lowest BCUT2D eigenvalue weighted by Crippen LogP contribution is -2.12. The second-order valence-electron chi connectivity index (χ2n) is 4.89. The van der Waals surface area contributed by atoms with E-state index in [0.717, 1.165) is 16.9 Å². The van der Waals surface area contributed by atoms with Gasteiger partial charge in [0.25, 0.3) is 0 Å². The van der Waals surface area contributed by atoms with Gasteiger partial charge in [-0.15, -0.1) is 0 Å². The van der Waals surface area contributed by atoms with E-state index in [1.807, 2.05) is 44.2 Å². The van der Waals surface area contributed by atoms with Crippen LogP contribution in [0.5, 0.6) is 5.75 Å². The molecule has 0 bridgehead atoms. The Morgan fingerprint density at radius 3 is 2.30 bits per heavy atom. The van der Waals surface area contributed by atoms with Crippen LogP contribution in [0.2, 0.25) is 10.0 Å². The highest BCUT2D eigenvalue weighted by atomic mass is 35.5. The van der Waals surface area contributed by atoms with Crippen LogP contribution in [0.3, 0.4) is 0 Å². The molecule has 0 saturated heterocycles. The summed E-state index contributed by atoms with van der Waals surface area (Å²) in [6.07, 6.45) is 0.131. The highest BCUT2D eigenvalue weighted by Gasteiger charge is 2.11. The molecule has 0 spiro atoms. The second kappa shape index (κ2) is 6.49. The van der Waals surface area contributed by atoms with Crippen molar-refractivity contribution in [2.24, 2.45) is 5.73 Å². The van der Waals surface area contributed by atoms with Gasteiger partial charge in [-0.1, -0.05) is 41.4 Å². The van der Waals surface area contributed by atoms with Gasteiger partial charge in [-0.3, -0.25) is 0 Å². The number of nitrogens with two attached hydrogens (primary N) is 1. The number of hydrogen-bond acceptors (Lipinski definition) is 2. The van der Waals surface area contributed by atoms with Crippen LogP contribution in [0.25, 0.3) is 0 Å². The fraction of sp³-hybridized carbons (Fsp3) is 0.250. The van der Waals surface area contributed by atoms with Gasteiger partial charge in [0, 0.05) is 0 Å². The molecule has 0 aliphatic rings. The Hall–Kier alpha value is -1.22. The molecule has 0 radical (unpaired) electrons. The largest absolute Gasteiger partial charge is 0.491 e. The summed E-state index contributed by atoms with van der Waals surface area (Å²) in [5, 5.41) is 1.04. The molecule has 0 amide bonds. The number of benzene rings is 2. The lowest BCUT2D eigenvalue weighted by atomic mass is 9.99. The normalized spacial score (nSPS) is 12.5. The smallest absolute Gasteiger partial charge is 0.120 e. The summed E-state index contributed by atoms with van der Waals surface area (Å²) < 4.78 is 5.68. The molecule has 2 rings (SSSR count). The van der Waals surface area contributed by atoms with Gasteiger partial charge < -0.3 is 10.5 Å². The van der Waals surface area contributed by atoms with Gasteiger partial charge in [-0.05, 0) is 49.2 Å². The van der Waals surface area contributed by atoms with E-state index in [4.69, 9.17) is 33.7 Å². The van der Waals surface area contributed by atoms with Crippen LogP contribution in [0.15, 0.2) is 42.5 Å². The standard InChI is InChI=1S/C16H17Cl2NO/c1-10(2)20-13-5-3-4-11(8-13)16(19)12-6-7-14(17)15(18)9-12/h3-10,16H,19H2,1-2H3. The topological polar surface area (TPSA) is 35.2 Å². The molecular formula is C16H17Cl2NO. The van der Waals surface area contributed by atoms with Crippen molar-refractivity contribution in [2.75, 3.05) is 0 Å². The van der Waals surface area contributed by atoms with Crippen molar-refractivity contribution < 1.29 is 4.74 Å². The minimum absolute atomic E-state index is 0.131. The van der Waals surface area contributed by atoms with E-state index < -0.39 is 0 Å². The Balaban J connectivity index is 2.28. The van der Waals surface area contributed by atoms with Crippen LogP contribution in [-0.4, -0.2) is 6.10 Å². The Morgan fingerprint density at radius 2 is 1.65 bits per heavy atom. The molecule has 2 aromatic rings. The molecule has 0 heterocycles. The summed E-state index contributed by atoms with van der Waals surface area (Å²) in [5.41, 5.74) is 8.17. The molecule has 0 aliphatic carbocycles. The van der Waals surface area contributed by atoms with E-state index in [9.17, 15) is 0 Å². The van der Waals surface area contributed by atoms with Gasteiger partial charge in [0.1, 0.15) is 5.75 Å². The molecule has 2 N–H and O–H groups in total. The molecule has 1 unspecified atom stereocenters. The maximum Gasteiger partial charge on any atom is 0.120 e. The highest BCUT2D eigenvalue weighted by Crippen LogP contribution is 2.29. The number of rotatable bonds is 4. The molecule has 2 nitrogen and oxygen atoms in total. The summed E-state index contributed by atoms with van der Waals surface area (Å²) in [6, 6.07) is 13.0. The summed E-state index contributed by atoms with van der Waals surface area (Å²) in [7, 11) is 0. The first-order chi connectivity index (χ1) is 9.47. The van der Waals surface area contributed by atoms with Gasteiger partial charge >= 0.3 is 0 Å². The van der Waals surface area contributed by atoms with Crippen molar-refractivity contribution in [2.45, 2.75) is 26.0 Å². The first-order valence-electron chi connectivity index (χ1n) is 6.44. The van der Waals surface area contributed by atoms with Crippen molar-refractivity contribution >= 4 is 23.2 Å². The molecule has 0 aliphatic heterocycles. The van der Waals surface area contributed by atoms with Gasteiger partial charge in [0.2, 0.25) is 0 Å². The van der Waals surface area contributed by atoms with Crippen LogP contribution in [-0.2, 0) is 0 Å². The lowest BCUT2D eigenvalue weighted by molar-refractivity contribution is 0.242. The minimum atomic E-state index is -0.263. The van der Waals surface area contributed by atoms with Crippen molar-refractivity contribution in [1.82, 2.24) is 0 Å². The maximum absolute atomic E-state index is 6.28. The Labute approximate surface area is 129 Å². The number of ether oxygens (including phenoxy) is 1. The third-order valence-electron chi connectivity index (χ3n) is 2.89. The predicted octanol–water partition coefficient (Wildman–Crippen LogP) is 4.83. The van der Waals surface area contributed by atoms with Crippen LogP contribution in [0, 0.1) is 0 Å².